The molecule has 0 heterocycles. The summed E-state index contributed by atoms with van der Waals surface area (Å²) in [6, 6.07) is 4.67. The Morgan fingerprint density at radius 1 is 1.33 bits per heavy atom. The molecule has 0 aliphatic carbocycles. The molecule has 4 N–H and O–H groups in total. The Hall–Kier alpha value is -1.75. The first-order valence-corrected chi connectivity index (χ1v) is 5.93. The van der Waals surface area contributed by atoms with Gasteiger partial charge in [-0.15, -0.1) is 0 Å². The van der Waals surface area contributed by atoms with E-state index < -0.39 is 5.97 Å². The van der Waals surface area contributed by atoms with E-state index in [4.69, 9.17) is 22.4 Å². The Bertz CT molecular complexity index is 449. The van der Waals surface area contributed by atoms with E-state index in [9.17, 15) is 9.59 Å². The van der Waals surface area contributed by atoms with Gasteiger partial charge in [-0.1, -0.05) is 11.6 Å². The van der Waals surface area contributed by atoms with Gasteiger partial charge in [0.2, 0.25) is 0 Å². The zero-order valence-corrected chi connectivity index (χ0v) is 10.5. The Morgan fingerprint density at radius 3 is 2.67 bits per heavy atom. The van der Waals surface area contributed by atoms with Gasteiger partial charge in [0, 0.05) is 18.5 Å². The topological polar surface area (TPSA) is 92.4 Å². The van der Waals surface area contributed by atoms with E-state index in [-0.39, 0.29) is 12.3 Å². The van der Waals surface area contributed by atoms with Crippen LogP contribution in [0, 0.1) is 0 Å². The molecular formula is C12H15ClN2O3. The average Bonchev–Trinajstić information content (AvgIpc) is 2.31. The van der Waals surface area contributed by atoms with E-state index >= 15 is 0 Å². The summed E-state index contributed by atoms with van der Waals surface area (Å²) >= 11 is 5.81. The lowest BCUT2D eigenvalue weighted by atomic mass is 10.2. The molecule has 0 atom stereocenters. The molecule has 1 aromatic rings. The number of carbonyl (C=O) groups excluding carboxylic acids is 1. The number of nitrogens with two attached hydrogens (primary N) is 1. The lowest BCUT2D eigenvalue weighted by Crippen LogP contribution is -2.24. The Balaban J connectivity index is 2.36. The quantitative estimate of drug-likeness (QED) is 0.544. The molecule has 0 unspecified atom stereocenters. The van der Waals surface area contributed by atoms with Crippen molar-refractivity contribution in [1.29, 1.82) is 0 Å². The van der Waals surface area contributed by atoms with Gasteiger partial charge < -0.3 is 16.2 Å². The zero-order valence-electron chi connectivity index (χ0n) is 9.78. The van der Waals surface area contributed by atoms with Crippen LogP contribution in [0.25, 0.3) is 0 Å². The van der Waals surface area contributed by atoms with Crippen molar-refractivity contribution in [2.75, 3.05) is 12.3 Å². The molecule has 18 heavy (non-hydrogen) atoms. The van der Waals surface area contributed by atoms with Gasteiger partial charge in [0.1, 0.15) is 0 Å². The highest BCUT2D eigenvalue weighted by Gasteiger charge is 2.07. The normalized spacial score (nSPS) is 10.1. The number of hydrogen-bond acceptors (Lipinski definition) is 3. The summed E-state index contributed by atoms with van der Waals surface area (Å²) in [6.45, 7) is 0.439. The molecule has 1 aromatic carbocycles. The van der Waals surface area contributed by atoms with Crippen molar-refractivity contribution < 1.29 is 14.7 Å². The maximum absolute atomic E-state index is 11.7. The molecule has 0 bridgehead atoms. The van der Waals surface area contributed by atoms with Crippen molar-refractivity contribution in [3.63, 3.8) is 0 Å². The second-order valence-electron chi connectivity index (χ2n) is 3.84. The monoisotopic (exact) mass is 270 g/mol. The Labute approximate surface area is 110 Å². The summed E-state index contributed by atoms with van der Waals surface area (Å²) < 4.78 is 0. The summed E-state index contributed by atoms with van der Waals surface area (Å²) in [5.41, 5.74) is 6.40. The van der Waals surface area contributed by atoms with Crippen molar-refractivity contribution in [2.45, 2.75) is 19.3 Å². The molecule has 0 aliphatic rings. The SMILES string of the molecule is Nc1ccc(C(=O)NCCCCC(=O)O)cc1Cl. The van der Waals surface area contributed by atoms with Gasteiger partial charge in [0.25, 0.3) is 5.91 Å². The van der Waals surface area contributed by atoms with E-state index in [0.29, 0.717) is 35.7 Å². The maximum atomic E-state index is 11.7. The Kier molecular flexibility index (Phi) is 5.45. The van der Waals surface area contributed by atoms with Gasteiger partial charge in [0.15, 0.2) is 0 Å². The first kappa shape index (κ1) is 14.3. The standard InChI is InChI=1S/C12H15ClN2O3/c13-9-7-8(4-5-10(9)14)12(18)15-6-2-1-3-11(16)17/h4-5,7H,1-3,6,14H2,(H,15,18)(H,16,17). The molecule has 0 radical (unpaired) electrons. The number of anilines is 1. The second kappa shape index (κ2) is 6.86. The third-order valence-electron chi connectivity index (χ3n) is 2.37. The molecule has 1 amide bonds. The lowest BCUT2D eigenvalue weighted by molar-refractivity contribution is -0.137. The molecule has 0 spiro atoms. The van der Waals surface area contributed by atoms with E-state index in [0.717, 1.165) is 0 Å². The average molecular weight is 271 g/mol. The fraction of sp³-hybridized carbons (Fsp3) is 0.333. The van der Waals surface area contributed by atoms with E-state index in [1.165, 1.54) is 6.07 Å². The van der Waals surface area contributed by atoms with Crippen molar-refractivity contribution in [1.82, 2.24) is 5.32 Å². The van der Waals surface area contributed by atoms with Gasteiger partial charge in [-0.25, -0.2) is 0 Å². The number of carboxylic acids is 1. The number of carbonyl (C=O) groups is 2. The highest BCUT2D eigenvalue weighted by molar-refractivity contribution is 6.33. The van der Waals surface area contributed by atoms with Gasteiger partial charge in [-0.05, 0) is 31.0 Å². The van der Waals surface area contributed by atoms with Gasteiger partial charge in [0.05, 0.1) is 10.7 Å². The summed E-state index contributed by atoms with van der Waals surface area (Å²) in [5.74, 6) is -1.07. The number of rotatable bonds is 6. The van der Waals surface area contributed by atoms with Crippen LogP contribution in [0.2, 0.25) is 5.02 Å². The van der Waals surface area contributed by atoms with Crippen molar-refractivity contribution in [3.8, 4) is 0 Å². The molecule has 0 fully saturated rings. The molecule has 0 saturated carbocycles. The number of aliphatic carboxylic acids is 1. The minimum atomic E-state index is -0.827. The molecule has 1 rings (SSSR count). The highest BCUT2D eigenvalue weighted by atomic mass is 35.5. The van der Waals surface area contributed by atoms with Crippen LogP contribution in [-0.2, 0) is 4.79 Å². The van der Waals surface area contributed by atoms with Crippen molar-refractivity contribution in [2.24, 2.45) is 0 Å². The van der Waals surface area contributed by atoms with Crippen molar-refractivity contribution >= 4 is 29.2 Å². The van der Waals surface area contributed by atoms with Crippen LogP contribution >= 0.6 is 11.6 Å². The van der Waals surface area contributed by atoms with Gasteiger partial charge >= 0.3 is 5.97 Å². The van der Waals surface area contributed by atoms with Crippen LogP contribution < -0.4 is 11.1 Å². The first-order chi connectivity index (χ1) is 8.50. The number of nitrogens with one attached hydrogen (secondary N) is 1. The number of hydrogen-bond donors (Lipinski definition) is 3. The summed E-state index contributed by atoms with van der Waals surface area (Å²) in [6.07, 6.45) is 1.28. The fourth-order valence-electron chi connectivity index (χ4n) is 1.37. The van der Waals surface area contributed by atoms with Crippen LogP contribution in [0.5, 0.6) is 0 Å². The zero-order chi connectivity index (χ0) is 13.5. The number of halogens is 1. The number of benzene rings is 1. The molecule has 98 valence electrons. The van der Waals surface area contributed by atoms with Crippen LogP contribution in [0.15, 0.2) is 18.2 Å². The number of unbranched alkanes of at least 4 members (excludes halogenated alkanes) is 1. The number of amides is 1. The largest absolute Gasteiger partial charge is 0.481 e. The molecule has 0 aromatic heterocycles. The van der Waals surface area contributed by atoms with Crippen molar-refractivity contribution in [3.05, 3.63) is 28.8 Å². The van der Waals surface area contributed by atoms with Gasteiger partial charge in [-0.3, -0.25) is 9.59 Å². The number of nitrogen functional groups attached to an aromatic ring is 1. The number of carboxylic acid groups (broad SMARTS) is 1. The molecule has 0 aliphatic heterocycles. The molecule has 0 saturated heterocycles. The second-order valence-corrected chi connectivity index (χ2v) is 4.25. The summed E-state index contributed by atoms with van der Waals surface area (Å²) in [7, 11) is 0. The Morgan fingerprint density at radius 2 is 2.06 bits per heavy atom. The van der Waals surface area contributed by atoms with Crippen LogP contribution in [-0.4, -0.2) is 23.5 Å². The summed E-state index contributed by atoms with van der Waals surface area (Å²) in [4.78, 5) is 22.0. The smallest absolute Gasteiger partial charge is 0.303 e. The minimum absolute atomic E-state index is 0.115. The predicted octanol–water partition coefficient (Wildman–Crippen LogP) is 1.91. The first-order valence-electron chi connectivity index (χ1n) is 5.55. The highest BCUT2D eigenvalue weighted by Crippen LogP contribution is 2.19. The van der Waals surface area contributed by atoms with Crippen LogP contribution in [0.1, 0.15) is 29.6 Å². The lowest BCUT2D eigenvalue weighted by Gasteiger charge is -2.06. The third kappa shape index (κ3) is 4.63. The van der Waals surface area contributed by atoms with Crippen LogP contribution in [0.3, 0.4) is 0 Å². The van der Waals surface area contributed by atoms with E-state index in [2.05, 4.69) is 5.32 Å². The predicted molar refractivity (Wildman–Crippen MR) is 69.7 cm³/mol. The molecule has 6 heteroatoms. The third-order valence-corrected chi connectivity index (χ3v) is 2.69. The van der Waals surface area contributed by atoms with Crippen LogP contribution in [0.4, 0.5) is 5.69 Å². The molecule has 5 nitrogen and oxygen atoms in total. The van der Waals surface area contributed by atoms with E-state index in [1.807, 2.05) is 0 Å². The fourth-order valence-corrected chi connectivity index (χ4v) is 1.55. The van der Waals surface area contributed by atoms with E-state index in [1.54, 1.807) is 12.1 Å². The minimum Gasteiger partial charge on any atom is -0.481 e. The van der Waals surface area contributed by atoms with Gasteiger partial charge in [-0.2, -0.15) is 0 Å². The molecular weight excluding hydrogens is 256 g/mol. The summed E-state index contributed by atoms with van der Waals surface area (Å²) in [5, 5.41) is 11.5. The maximum Gasteiger partial charge on any atom is 0.303 e.